The van der Waals surface area contributed by atoms with Gasteiger partial charge in [0.1, 0.15) is 25.3 Å². The van der Waals surface area contributed by atoms with Crippen molar-refractivity contribution in [3.8, 4) is 0 Å². The Morgan fingerprint density at radius 2 is 0.500 bits per heavy atom. The first-order chi connectivity index (χ1) is 40.8. The fraction of sp³-hybridized carbons (Fsp3) is 0. The third kappa shape index (κ3) is 18.3. The van der Waals surface area contributed by atoms with Gasteiger partial charge in [0.25, 0.3) is 60.7 Å². The van der Waals surface area contributed by atoms with Gasteiger partial charge in [-0.1, -0.05) is 47.4 Å². The summed E-state index contributed by atoms with van der Waals surface area (Å²) >= 11 is 0. The van der Waals surface area contributed by atoms with Crippen LogP contribution in [0.3, 0.4) is 0 Å². The van der Waals surface area contributed by atoms with Gasteiger partial charge in [-0.2, -0.15) is 91.4 Å². The van der Waals surface area contributed by atoms with E-state index in [-0.39, 0.29) is 101 Å². The van der Waals surface area contributed by atoms with Crippen molar-refractivity contribution in [1.29, 1.82) is 0 Å². The zero-order valence-electron chi connectivity index (χ0n) is 44.4. The molecule has 6 N–H and O–H groups in total. The molecule has 0 aromatic heterocycles. The molecule has 36 heteroatoms. The topological polar surface area (TPSA) is 464 Å². The molecule has 0 unspecified atom stereocenters. The van der Waals surface area contributed by atoms with E-state index in [1.54, 1.807) is 0 Å². The fourth-order valence-electron chi connectivity index (χ4n) is 7.37. The van der Waals surface area contributed by atoms with Crippen LogP contribution in [-0.2, 0) is 60.7 Å². The molecule has 0 aliphatic carbocycles. The Kier molecular flexibility index (Phi) is 20.8. The standard InChI is InChI=1S/C52H38N10O19S6.Na/c63-62(46-24-8-36(52(32-46)87(79,80)81)4-3-34-6-10-44(30-50(34)85(73,74)75)60-58-40-18-14-38(15-19-40)54-56-42-22-27-48(28-23-42)83(67,68)69)61-45-11-7-35(51(31-45)86(76,77)78)2-1-33-5-9-43(29-49(33)84(70,71)72)59-57-39-16-12-37(13-17-39)53-55-41-20-25-47(26-21-41)82(64,65)66;/h1-32H,(H,64,65,66)(H,67,68,69)(H,70,71,72)(H,73,74,75)(H,76,77,78)(H,79,80,81);/q;+1. The SMILES string of the molecule is O=S(=O)(O)c1ccc(N=Nc2ccc(N=Nc3ccc(C=Cc4ccc(N=[N+]([O-])c5ccc(C=Cc6ccc(N=Nc7ccc(N=Nc8ccc(S(=O)(=O)O)cc8)cc7)cc6S(=O)(=O)O)c(S(=O)(=O)O)c5)cc4S(=O)(=O)O)c(S(=O)(=O)O)c3)cc2)cc1.[Na+]. The van der Waals surface area contributed by atoms with Crippen LogP contribution in [0.5, 0.6) is 0 Å². The molecule has 0 aliphatic heterocycles. The Labute approximate surface area is 522 Å². The first-order valence-corrected chi connectivity index (χ1v) is 32.4. The number of nitrogens with zero attached hydrogens (tertiary/aromatic N) is 10. The molecule has 0 saturated heterocycles. The molecule has 88 heavy (non-hydrogen) atoms. The smallest absolute Gasteiger partial charge is 0.594 e. The quantitative estimate of drug-likeness (QED) is 0.0103. The van der Waals surface area contributed by atoms with Crippen molar-refractivity contribution in [2.45, 2.75) is 29.4 Å². The maximum Gasteiger partial charge on any atom is 1.00 e. The third-order valence-corrected chi connectivity index (χ3v) is 16.9. The van der Waals surface area contributed by atoms with Gasteiger partial charge < -0.3 is 5.21 Å². The monoisotopic (exact) mass is 1320 g/mol. The van der Waals surface area contributed by atoms with Crippen LogP contribution < -0.4 is 29.6 Å². The summed E-state index contributed by atoms with van der Waals surface area (Å²) < 4.78 is 204. The van der Waals surface area contributed by atoms with Gasteiger partial charge in [-0.05, 0) is 162 Å². The third-order valence-electron chi connectivity index (χ3n) is 11.5. The van der Waals surface area contributed by atoms with Crippen molar-refractivity contribution in [2.24, 2.45) is 46.0 Å². The van der Waals surface area contributed by atoms with Crippen LogP contribution in [0.2, 0.25) is 0 Å². The van der Waals surface area contributed by atoms with Crippen LogP contribution in [-0.4, -0.2) is 82.7 Å². The molecule has 29 nitrogen and oxygen atoms in total. The Balaban J connectivity index is 0.0000110. The second-order valence-electron chi connectivity index (χ2n) is 17.6. The van der Waals surface area contributed by atoms with E-state index in [4.69, 9.17) is 9.11 Å². The predicted octanol–water partition coefficient (Wildman–Crippen LogP) is 10.1. The first kappa shape index (κ1) is 67.0. The Bertz CT molecular complexity index is 4960. The summed E-state index contributed by atoms with van der Waals surface area (Å²) in [6.07, 6.45) is 4.22. The Hall–Kier alpha value is -8.50. The average Bonchev–Trinajstić information content (AvgIpc) is 1.79. The molecule has 0 atom stereocenters. The number of benzene rings is 8. The minimum absolute atomic E-state index is 0. The number of azo groups is 5. The normalized spacial score (nSPS) is 13.2. The fourth-order valence-corrected chi connectivity index (χ4v) is 11.1. The van der Waals surface area contributed by atoms with E-state index in [0.29, 0.717) is 17.4 Å². The van der Waals surface area contributed by atoms with Crippen LogP contribution in [0, 0.1) is 5.21 Å². The van der Waals surface area contributed by atoms with Crippen LogP contribution in [0.15, 0.2) is 245 Å². The zero-order chi connectivity index (χ0) is 63.1. The van der Waals surface area contributed by atoms with E-state index < -0.39 is 91.7 Å². The molecular weight excluding hydrogens is 1280 g/mol. The van der Waals surface area contributed by atoms with Gasteiger partial charge in [-0.15, -0.1) is 0 Å². The van der Waals surface area contributed by atoms with Crippen molar-refractivity contribution in [2.75, 3.05) is 0 Å². The van der Waals surface area contributed by atoms with E-state index in [1.807, 2.05) is 0 Å². The van der Waals surface area contributed by atoms with Gasteiger partial charge in [0.2, 0.25) is 5.69 Å². The summed E-state index contributed by atoms with van der Waals surface area (Å²) in [6.45, 7) is 0. The molecule has 0 spiro atoms. The van der Waals surface area contributed by atoms with Crippen LogP contribution in [0.4, 0.5) is 56.9 Å². The van der Waals surface area contributed by atoms with Crippen molar-refractivity contribution >= 4 is 142 Å². The summed E-state index contributed by atoms with van der Waals surface area (Å²) in [5.41, 5.74) is -0.287. The van der Waals surface area contributed by atoms with Crippen LogP contribution in [0.25, 0.3) is 24.3 Å². The van der Waals surface area contributed by atoms with Crippen molar-refractivity contribution in [3.63, 3.8) is 0 Å². The van der Waals surface area contributed by atoms with Crippen molar-refractivity contribution in [1.82, 2.24) is 0 Å². The molecule has 0 radical (unpaired) electrons. The molecule has 0 saturated carbocycles. The molecule has 8 rings (SSSR count). The van der Waals surface area contributed by atoms with Crippen molar-refractivity contribution in [3.05, 3.63) is 197 Å². The van der Waals surface area contributed by atoms with Crippen LogP contribution >= 0.6 is 0 Å². The Morgan fingerprint density at radius 1 is 0.284 bits per heavy atom. The van der Waals surface area contributed by atoms with Crippen molar-refractivity contribution < 1.29 is 112 Å². The summed E-state index contributed by atoms with van der Waals surface area (Å²) in [5, 5.41) is 49.2. The Morgan fingerprint density at radius 3 is 0.773 bits per heavy atom. The van der Waals surface area contributed by atoms with E-state index in [1.165, 1.54) is 97.1 Å². The molecule has 0 fully saturated rings. The number of hydrogen-bond donors (Lipinski definition) is 6. The molecule has 0 aliphatic rings. The molecule has 0 bridgehead atoms. The minimum Gasteiger partial charge on any atom is -0.594 e. The molecule has 8 aromatic carbocycles. The summed E-state index contributed by atoms with van der Waals surface area (Å²) in [7, 11) is -29.1. The number of hydrogen-bond acceptors (Lipinski definition) is 22. The second-order valence-corrected chi connectivity index (χ2v) is 26.0. The molecule has 446 valence electrons. The van der Waals surface area contributed by atoms with Gasteiger partial charge in [-0.25, -0.2) is 0 Å². The summed E-state index contributed by atoms with van der Waals surface area (Å²) in [4.78, 5) is -3.96. The molecule has 0 heterocycles. The largest absolute Gasteiger partial charge is 1.00 e. The maximum atomic E-state index is 13.4. The summed E-state index contributed by atoms with van der Waals surface area (Å²) in [6, 6.07) is 34.4. The first-order valence-electron chi connectivity index (χ1n) is 23.8. The minimum atomic E-state index is -5.17. The van der Waals surface area contributed by atoms with Gasteiger partial charge in [0.05, 0.1) is 55.3 Å². The molecule has 8 aromatic rings. The summed E-state index contributed by atoms with van der Waals surface area (Å²) in [5.74, 6) is 0. The molecule has 0 amide bonds. The molecular formula is C52H38N10NaO19S6+. The number of rotatable bonds is 20. The van der Waals surface area contributed by atoms with E-state index in [0.717, 1.165) is 91.0 Å². The van der Waals surface area contributed by atoms with Gasteiger partial charge >= 0.3 is 29.6 Å². The zero-order valence-corrected chi connectivity index (χ0v) is 51.3. The van der Waals surface area contributed by atoms with E-state index in [9.17, 15) is 73.9 Å². The van der Waals surface area contributed by atoms with Gasteiger partial charge in [0.15, 0.2) is 0 Å². The predicted molar refractivity (Wildman–Crippen MR) is 310 cm³/mol. The van der Waals surface area contributed by atoms with E-state index >= 15 is 0 Å². The average molecular weight is 1320 g/mol. The second kappa shape index (κ2) is 27.3. The maximum absolute atomic E-state index is 13.4. The van der Waals surface area contributed by atoms with Gasteiger partial charge in [0, 0.05) is 17.2 Å². The van der Waals surface area contributed by atoms with E-state index in [2.05, 4.69) is 46.0 Å². The van der Waals surface area contributed by atoms with Crippen LogP contribution in [0.1, 0.15) is 22.3 Å². The van der Waals surface area contributed by atoms with Gasteiger partial charge in [-0.3, -0.25) is 27.3 Å².